The Balaban J connectivity index is 1.64. The molecule has 4 rings (SSSR count). The number of fused-ring (bicyclic) bond motifs is 1. The Morgan fingerprint density at radius 1 is 1.00 bits per heavy atom. The van der Waals surface area contributed by atoms with Gasteiger partial charge in [0, 0.05) is 10.2 Å². The highest BCUT2D eigenvalue weighted by Crippen LogP contribution is 2.25. The Morgan fingerprint density at radius 3 is 2.55 bits per heavy atom. The second-order valence-corrected chi connectivity index (χ2v) is 7.70. The molecule has 0 bridgehead atoms. The van der Waals surface area contributed by atoms with Gasteiger partial charge in [-0.3, -0.25) is 4.79 Å². The predicted octanol–water partition coefficient (Wildman–Crippen LogP) is 5.06. The third-order valence-corrected chi connectivity index (χ3v) is 5.11. The maximum absolute atomic E-state index is 12.7. The van der Waals surface area contributed by atoms with Crippen LogP contribution in [0.1, 0.15) is 21.5 Å². The van der Waals surface area contributed by atoms with Crippen LogP contribution in [0, 0.1) is 13.8 Å². The highest BCUT2D eigenvalue weighted by Gasteiger charge is 2.14. The molecule has 1 heterocycles. The molecule has 0 atom stereocenters. The van der Waals surface area contributed by atoms with Gasteiger partial charge in [-0.05, 0) is 61.9 Å². The lowest BCUT2D eigenvalue weighted by Gasteiger charge is -2.09. The summed E-state index contributed by atoms with van der Waals surface area (Å²) in [5, 5.41) is 12.0. The van der Waals surface area contributed by atoms with Gasteiger partial charge in [0.15, 0.2) is 0 Å². The fraction of sp³-hybridized carbons (Fsp3) is 0.136. The molecule has 0 aliphatic rings. The number of aromatic nitrogens is 3. The number of hydrogen-bond donors (Lipinski definition) is 1. The summed E-state index contributed by atoms with van der Waals surface area (Å²) in [4.78, 5) is 14.4. The Bertz CT molecular complexity index is 1230. The molecule has 0 unspecified atom stereocenters. The van der Waals surface area contributed by atoms with Crippen molar-refractivity contribution in [3.8, 4) is 11.4 Å². The summed E-state index contributed by atoms with van der Waals surface area (Å²) in [6, 6.07) is 16.9. The van der Waals surface area contributed by atoms with Crippen LogP contribution >= 0.6 is 15.9 Å². The van der Waals surface area contributed by atoms with E-state index in [9.17, 15) is 4.79 Å². The Labute approximate surface area is 176 Å². The van der Waals surface area contributed by atoms with Crippen LogP contribution < -0.4 is 10.1 Å². The van der Waals surface area contributed by atoms with Crippen LogP contribution in [-0.2, 0) is 0 Å². The number of amides is 1. The molecule has 0 saturated heterocycles. The number of aryl methyl sites for hydroxylation is 2. The normalized spacial score (nSPS) is 10.9. The first-order valence-electron chi connectivity index (χ1n) is 9.04. The van der Waals surface area contributed by atoms with Crippen molar-refractivity contribution in [1.29, 1.82) is 0 Å². The number of rotatable bonds is 4. The van der Waals surface area contributed by atoms with Crippen LogP contribution in [0.2, 0.25) is 0 Å². The van der Waals surface area contributed by atoms with E-state index in [1.165, 1.54) is 12.7 Å². The number of benzene rings is 3. The molecule has 1 amide bonds. The lowest BCUT2D eigenvalue weighted by molar-refractivity contribution is 0.102. The minimum absolute atomic E-state index is 0.260. The van der Waals surface area contributed by atoms with Crippen molar-refractivity contribution in [2.45, 2.75) is 13.8 Å². The van der Waals surface area contributed by atoms with Crippen LogP contribution in [0.5, 0.6) is 5.75 Å². The van der Waals surface area contributed by atoms with Gasteiger partial charge >= 0.3 is 0 Å². The number of ether oxygens (including phenoxy) is 1. The van der Waals surface area contributed by atoms with E-state index in [1.54, 1.807) is 16.9 Å². The number of hydrogen-bond acceptors (Lipinski definition) is 4. The Kier molecular flexibility index (Phi) is 5.07. The molecule has 4 aromatic rings. The van der Waals surface area contributed by atoms with E-state index in [-0.39, 0.29) is 5.91 Å². The number of methoxy groups -OCH3 is 1. The Morgan fingerprint density at radius 2 is 1.79 bits per heavy atom. The average molecular weight is 451 g/mol. The number of carbonyl (C=O) groups is 1. The first-order valence-corrected chi connectivity index (χ1v) is 9.83. The summed E-state index contributed by atoms with van der Waals surface area (Å²) in [7, 11) is 1.54. The molecule has 0 aliphatic heterocycles. The molecule has 6 nitrogen and oxygen atoms in total. The summed E-state index contributed by atoms with van der Waals surface area (Å²) in [5.41, 5.74) is 5.75. The molecule has 0 radical (unpaired) electrons. The van der Waals surface area contributed by atoms with Crippen molar-refractivity contribution < 1.29 is 9.53 Å². The standard InChI is InChI=1S/C22H19BrN4O2/c1-13-4-8-20(14(2)10-13)27-25-18-7-6-16(12-19(18)26-27)24-22(28)17-11-15(23)5-9-21(17)29-3/h4-12H,1-3H3,(H,24,28). The van der Waals surface area contributed by atoms with E-state index in [1.807, 2.05) is 43.3 Å². The van der Waals surface area contributed by atoms with Crippen LogP contribution in [-0.4, -0.2) is 28.0 Å². The Hall–Kier alpha value is -3.19. The summed E-state index contributed by atoms with van der Waals surface area (Å²) in [6.07, 6.45) is 0. The number of anilines is 1. The van der Waals surface area contributed by atoms with Gasteiger partial charge in [0.1, 0.15) is 16.8 Å². The van der Waals surface area contributed by atoms with Crippen molar-refractivity contribution in [3.05, 3.63) is 75.8 Å². The van der Waals surface area contributed by atoms with E-state index >= 15 is 0 Å². The van der Waals surface area contributed by atoms with Crippen molar-refractivity contribution in [2.24, 2.45) is 0 Å². The molecule has 29 heavy (non-hydrogen) atoms. The van der Waals surface area contributed by atoms with E-state index in [2.05, 4.69) is 44.4 Å². The number of nitrogens with one attached hydrogen (secondary N) is 1. The van der Waals surface area contributed by atoms with Crippen molar-refractivity contribution in [1.82, 2.24) is 15.0 Å². The van der Waals surface area contributed by atoms with Gasteiger partial charge in [-0.25, -0.2) is 0 Å². The lowest BCUT2D eigenvalue weighted by Crippen LogP contribution is -2.13. The molecular formula is C22H19BrN4O2. The lowest BCUT2D eigenvalue weighted by atomic mass is 10.1. The van der Waals surface area contributed by atoms with Gasteiger partial charge in [0.05, 0.1) is 18.4 Å². The zero-order valence-corrected chi connectivity index (χ0v) is 17.8. The van der Waals surface area contributed by atoms with Crippen molar-refractivity contribution in [2.75, 3.05) is 12.4 Å². The monoisotopic (exact) mass is 450 g/mol. The maximum Gasteiger partial charge on any atom is 0.259 e. The highest BCUT2D eigenvalue weighted by molar-refractivity contribution is 9.10. The average Bonchev–Trinajstić information content (AvgIpc) is 3.10. The molecular weight excluding hydrogens is 432 g/mol. The first-order chi connectivity index (χ1) is 13.9. The van der Waals surface area contributed by atoms with Gasteiger partial charge in [-0.2, -0.15) is 4.80 Å². The summed E-state index contributed by atoms with van der Waals surface area (Å²) in [5.74, 6) is 0.247. The number of halogens is 1. The largest absolute Gasteiger partial charge is 0.496 e. The van der Waals surface area contributed by atoms with E-state index in [4.69, 9.17) is 4.74 Å². The summed E-state index contributed by atoms with van der Waals surface area (Å²) >= 11 is 3.39. The van der Waals surface area contributed by atoms with Gasteiger partial charge in [0.25, 0.3) is 5.91 Å². The second-order valence-electron chi connectivity index (χ2n) is 6.78. The smallest absolute Gasteiger partial charge is 0.259 e. The molecule has 3 aromatic carbocycles. The molecule has 146 valence electrons. The van der Waals surface area contributed by atoms with E-state index in [0.717, 1.165) is 21.2 Å². The van der Waals surface area contributed by atoms with Gasteiger partial charge in [-0.1, -0.05) is 33.6 Å². The minimum Gasteiger partial charge on any atom is -0.496 e. The van der Waals surface area contributed by atoms with Crippen LogP contribution in [0.4, 0.5) is 5.69 Å². The molecule has 1 aromatic heterocycles. The van der Waals surface area contributed by atoms with E-state index in [0.29, 0.717) is 22.5 Å². The topological polar surface area (TPSA) is 69.0 Å². The van der Waals surface area contributed by atoms with Crippen LogP contribution in [0.3, 0.4) is 0 Å². The van der Waals surface area contributed by atoms with Crippen LogP contribution in [0.25, 0.3) is 16.7 Å². The SMILES string of the molecule is COc1ccc(Br)cc1C(=O)Nc1ccc2nn(-c3ccc(C)cc3C)nc2c1. The number of carbonyl (C=O) groups excluding carboxylic acids is 1. The van der Waals surface area contributed by atoms with Crippen molar-refractivity contribution >= 4 is 38.6 Å². The first kappa shape index (κ1) is 19.1. The molecule has 1 N–H and O–H groups in total. The van der Waals surface area contributed by atoms with E-state index < -0.39 is 0 Å². The molecule has 0 aliphatic carbocycles. The fourth-order valence-electron chi connectivity index (χ4n) is 3.19. The fourth-order valence-corrected chi connectivity index (χ4v) is 3.55. The number of nitrogens with zero attached hydrogens (tertiary/aromatic N) is 3. The zero-order chi connectivity index (χ0) is 20.5. The summed E-state index contributed by atoms with van der Waals surface area (Å²) in [6.45, 7) is 4.09. The van der Waals surface area contributed by atoms with Crippen molar-refractivity contribution in [3.63, 3.8) is 0 Å². The quantitative estimate of drug-likeness (QED) is 0.471. The summed E-state index contributed by atoms with van der Waals surface area (Å²) < 4.78 is 6.10. The zero-order valence-electron chi connectivity index (χ0n) is 16.2. The minimum atomic E-state index is -0.260. The molecule has 0 fully saturated rings. The predicted molar refractivity (Wildman–Crippen MR) is 117 cm³/mol. The third-order valence-electron chi connectivity index (χ3n) is 4.61. The van der Waals surface area contributed by atoms with Gasteiger partial charge in [-0.15, -0.1) is 10.2 Å². The highest BCUT2D eigenvalue weighted by atomic mass is 79.9. The molecule has 7 heteroatoms. The van der Waals surface area contributed by atoms with Gasteiger partial charge < -0.3 is 10.1 Å². The molecule has 0 saturated carbocycles. The third kappa shape index (κ3) is 3.86. The maximum atomic E-state index is 12.7. The van der Waals surface area contributed by atoms with Crippen LogP contribution in [0.15, 0.2) is 59.1 Å². The second kappa shape index (κ2) is 7.67. The van der Waals surface area contributed by atoms with Gasteiger partial charge in [0.2, 0.25) is 0 Å². The molecule has 0 spiro atoms.